The Hall–Kier alpha value is -3.06. The van der Waals surface area contributed by atoms with Crippen molar-refractivity contribution in [3.63, 3.8) is 0 Å². The molecule has 6 rings (SSSR count). The molecule has 0 aromatic heterocycles. The Bertz CT molecular complexity index is 2000. The van der Waals surface area contributed by atoms with Crippen molar-refractivity contribution in [1.29, 1.82) is 0 Å². The van der Waals surface area contributed by atoms with E-state index < -0.39 is 67.8 Å². The molecule has 0 aliphatic rings. The molecule has 54 heavy (non-hydrogen) atoms. The first-order valence-electron chi connectivity index (χ1n) is 15.4. The van der Waals surface area contributed by atoms with Crippen molar-refractivity contribution in [2.24, 2.45) is 0 Å². The molecule has 2 radical (unpaired) electrons. The standard InChI is InChI=1S/2C18H11F6.C2H6Si.2ClH.Zr/c2*1-10-7-11-3-2-4-13(15(11)8-10)14-6-5-12(17(19,20)21)9-16(14)18(22,23)24;1-3-2;;;/h2*2-9H,1H3;1-2H3;2*1H;/q2*-1;;;;+4/p-2. The van der Waals surface area contributed by atoms with Gasteiger partial charge in [-0.2, -0.15) is 64.8 Å². The minimum absolute atomic E-state index is 0.171. The van der Waals surface area contributed by atoms with Crippen LogP contribution in [0.25, 0.3) is 43.8 Å². The molecule has 286 valence electrons. The third-order valence-electron chi connectivity index (χ3n) is 7.67. The van der Waals surface area contributed by atoms with Crippen molar-refractivity contribution < 1.29 is 73.5 Å². The van der Waals surface area contributed by atoms with E-state index in [0.717, 1.165) is 43.6 Å². The molecular weight excluding hydrogens is 875 g/mol. The topological polar surface area (TPSA) is 0 Å². The van der Waals surface area contributed by atoms with E-state index >= 15 is 0 Å². The van der Waals surface area contributed by atoms with Crippen molar-refractivity contribution in [3.8, 4) is 22.3 Å². The van der Waals surface area contributed by atoms with Gasteiger partial charge < -0.3 is 0 Å². The van der Waals surface area contributed by atoms with Crippen molar-refractivity contribution in [1.82, 2.24) is 0 Å². The number of halogens is 14. The second-order valence-corrected chi connectivity index (χ2v) is 16.5. The van der Waals surface area contributed by atoms with Gasteiger partial charge in [-0.1, -0.05) is 62.3 Å². The van der Waals surface area contributed by atoms with Crippen LogP contribution >= 0.6 is 17.0 Å². The third kappa shape index (κ3) is 11.5. The summed E-state index contributed by atoms with van der Waals surface area (Å²) in [7, 11) is 11.0. The van der Waals surface area contributed by atoms with Gasteiger partial charge in [0.15, 0.2) is 0 Å². The Morgan fingerprint density at radius 1 is 0.481 bits per heavy atom. The Morgan fingerprint density at radius 3 is 1.07 bits per heavy atom. The van der Waals surface area contributed by atoms with Crippen molar-refractivity contribution in [2.45, 2.75) is 51.6 Å². The van der Waals surface area contributed by atoms with Gasteiger partial charge in [0.2, 0.25) is 0 Å². The number of fused-ring (bicyclic) bond motifs is 2. The summed E-state index contributed by atoms with van der Waals surface area (Å²) in [5.41, 5.74) is -3.45. The average Bonchev–Trinajstić information content (AvgIpc) is 3.64. The van der Waals surface area contributed by atoms with Crippen LogP contribution in [0.1, 0.15) is 33.4 Å². The molecule has 0 fully saturated rings. The Labute approximate surface area is 324 Å². The van der Waals surface area contributed by atoms with E-state index in [9.17, 15) is 52.7 Å². The minimum atomic E-state index is -4.89. The second kappa shape index (κ2) is 18.3. The van der Waals surface area contributed by atoms with Crippen LogP contribution < -0.4 is 0 Å². The molecule has 0 amide bonds. The molecule has 0 aliphatic carbocycles. The Morgan fingerprint density at radius 2 is 0.796 bits per heavy atom. The molecule has 6 aromatic rings. The van der Waals surface area contributed by atoms with Gasteiger partial charge in [0.05, 0.1) is 22.3 Å². The first-order valence-corrected chi connectivity index (χ1v) is 23.7. The van der Waals surface area contributed by atoms with Gasteiger partial charge in [-0.25, -0.2) is 0 Å². The SMILES string of the molecule is C[Si]C.Cc1cc2c(-c3ccc(C(F)(F)F)cc3C(F)(F)F)cccc2[cH-]1.Cc1cc2c(-c3ccc(C(F)(F)F)cc3C(F)(F)F)cccc2[cH-]1.[Cl][Zr+2][Cl]. The first-order chi connectivity index (χ1) is 25.0. The van der Waals surface area contributed by atoms with E-state index in [0.29, 0.717) is 22.9 Å². The number of alkyl halides is 12. The summed E-state index contributed by atoms with van der Waals surface area (Å²) in [6.07, 6.45) is -19.4. The summed E-state index contributed by atoms with van der Waals surface area (Å²) >= 11 is -0.826. The average molecular weight is 903 g/mol. The van der Waals surface area contributed by atoms with E-state index in [2.05, 4.69) is 13.1 Å². The van der Waals surface area contributed by atoms with Crippen molar-refractivity contribution in [2.75, 3.05) is 0 Å². The van der Waals surface area contributed by atoms with Crippen LogP contribution in [0.4, 0.5) is 52.7 Å². The normalized spacial score (nSPS) is 11.9. The molecule has 0 nitrogen and oxygen atoms in total. The monoisotopic (exact) mass is 900 g/mol. The quantitative estimate of drug-likeness (QED) is 0.0923. The number of rotatable bonds is 2. The number of hydrogen-bond donors (Lipinski definition) is 0. The predicted molar refractivity (Wildman–Crippen MR) is 189 cm³/mol. The molecular formula is C38H28Cl2F12SiZr. The molecule has 0 bridgehead atoms. The predicted octanol–water partition coefficient (Wildman–Crippen LogP) is 15.3. The molecule has 0 saturated carbocycles. The van der Waals surface area contributed by atoms with Gasteiger partial charge in [-0.3, -0.25) is 0 Å². The van der Waals surface area contributed by atoms with Gasteiger partial charge in [0.25, 0.3) is 0 Å². The first kappa shape index (κ1) is 45.3. The summed E-state index contributed by atoms with van der Waals surface area (Å²) in [5.74, 6) is 0. The van der Waals surface area contributed by atoms with Crippen molar-refractivity contribution >= 4 is 48.1 Å². The summed E-state index contributed by atoms with van der Waals surface area (Å²) in [6.45, 7) is 7.92. The van der Waals surface area contributed by atoms with Crippen molar-refractivity contribution in [3.05, 3.63) is 130 Å². The second-order valence-electron chi connectivity index (χ2n) is 11.8. The summed E-state index contributed by atoms with van der Waals surface area (Å²) in [4.78, 5) is 0. The summed E-state index contributed by atoms with van der Waals surface area (Å²) in [6, 6.07) is 20.2. The molecule has 0 unspecified atom stereocenters. The number of benzene rings is 4. The van der Waals surface area contributed by atoms with Gasteiger partial charge >= 0.3 is 62.6 Å². The summed E-state index contributed by atoms with van der Waals surface area (Å²) < 4.78 is 157. The third-order valence-corrected chi connectivity index (χ3v) is 7.67. The molecule has 0 heterocycles. The van der Waals surface area contributed by atoms with Crippen LogP contribution in [0, 0.1) is 13.8 Å². The zero-order valence-electron chi connectivity index (χ0n) is 28.5. The fourth-order valence-electron chi connectivity index (χ4n) is 5.62. The molecule has 0 atom stereocenters. The maximum absolute atomic E-state index is 13.3. The zero-order chi connectivity index (χ0) is 40.8. The van der Waals surface area contributed by atoms with Crippen LogP contribution in [-0.4, -0.2) is 9.52 Å². The fourth-order valence-corrected chi connectivity index (χ4v) is 5.62. The Balaban J connectivity index is 0.000000254. The van der Waals surface area contributed by atoms with Gasteiger partial charge in [-0.05, 0) is 35.4 Å². The molecule has 0 saturated heterocycles. The van der Waals surface area contributed by atoms with Crippen LogP contribution in [0.5, 0.6) is 0 Å². The molecule has 0 N–H and O–H groups in total. The van der Waals surface area contributed by atoms with E-state index in [1.54, 1.807) is 50.2 Å². The Kier molecular flexibility index (Phi) is 15.3. The van der Waals surface area contributed by atoms with Crippen LogP contribution in [0.2, 0.25) is 13.1 Å². The fraction of sp³-hybridized carbons (Fsp3) is 0.211. The van der Waals surface area contributed by atoms with E-state index in [1.807, 2.05) is 12.1 Å². The van der Waals surface area contributed by atoms with E-state index in [1.165, 1.54) is 12.1 Å². The van der Waals surface area contributed by atoms with Crippen LogP contribution in [0.3, 0.4) is 0 Å². The van der Waals surface area contributed by atoms with Crippen LogP contribution in [-0.2, 0) is 45.6 Å². The van der Waals surface area contributed by atoms with Gasteiger partial charge in [0, 0.05) is 9.52 Å². The number of aryl methyl sites for hydroxylation is 2. The molecule has 6 aromatic carbocycles. The van der Waals surface area contributed by atoms with Gasteiger partial charge in [0.1, 0.15) is 0 Å². The van der Waals surface area contributed by atoms with Crippen LogP contribution in [0.15, 0.2) is 97.1 Å². The van der Waals surface area contributed by atoms with Gasteiger partial charge in [-0.15, -0.1) is 69.1 Å². The number of hydrogen-bond acceptors (Lipinski definition) is 0. The molecule has 0 aliphatic heterocycles. The molecule has 0 spiro atoms. The summed E-state index contributed by atoms with van der Waals surface area (Å²) in [5, 5.41) is 2.66. The van der Waals surface area contributed by atoms with E-state index in [-0.39, 0.29) is 34.4 Å². The maximum atomic E-state index is 13.3. The molecule has 16 heteroatoms. The zero-order valence-corrected chi connectivity index (χ0v) is 33.5. The van der Waals surface area contributed by atoms with E-state index in [4.69, 9.17) is 17.0 Å².